The Bertz CT molecular complexity index is 830. The highest BCUT2D eigenvalue weighted by molar-refractivity contribution is 5.99. The molecular formula is C20H20N2O. The molecule has 0 saturated carbocycles. The third kappa shape index (κ3) is 2.71. The fourth-order valence-electron chi connectivity index (χ4n) is 3.85. The van der Waals surface area contributed by atoms with Crippen LogP contribution in [0.15, 0.2) is 36.4 Å². The fraction of sp³-hybridized carbons (Fsp3) is 0.350. The van der Waals surface area contributed by atoms with Crippen molar-refractivity contribution in [3.05, 3.63) is 47.5 Å². The lowest BCUT2D eigenvalue weighted by molar-refractivity contribution is 0.0931. The van der Waals surface area contributed by atoms with Gasteiger partial charge in [0.05, 0.1) is 0 Å². The minimum absolute atomic E-state index is 0.0261. The van der Waals surface area contributed by atoms with Crippen LogP contribution < -0.4 is 10.6 Å². The Hall–Kier alpha value is -2.31. The number of nitrogens with one attached hydrogen (secondary N) is 2. The summed E-state index contributed by atoms with van der Waals surface area (Å²) in [6, 6.07) is 13.3. The van der Waals surface area contributed by atoms with Gasteiger partial charge in [-0.2, -0.15) is 0 Å². The van der Waals surface area contributed by atoms with Crippen molar-refractivity contribution in [3.63, 3.8) is 0 Å². The van der Waals surface area contributed by atoms with Crippen molar-refractivity contribution < 1.29 is 4.79 Å². The van der Waals surface area contributed by atoms with Crippen LogP contribution in [0.4, 0.5) is 0 Å². The van der Waals surface area contributed by atoms with Crippen molar-refractivity contribution in [2.24, 2.45) is 0 Å². The number of amides is 1. The van der Waals surface area contributed by atoms with Crippen molar-refractivity contribution in [1.82, 2.24) is 10.6 Å². The molecule has 3 nitrogen and oxygen atoms in total. The molecule has 2 saturated heterocycles. The average molecular weight is 304 g/mol. The molecule has 2 N–H and O–H groups in total. The fourth-order valence-corrected chi connectivity index (χ4v) is 3.85. The summed E-state index contributed by atoms with van der Waals surface area (Å²) in [7, 11) is 0. The van der Waals surface area contributed by atoms with Crippen LogP contribution in [0, 0.1) is 11.8 Å². The van der Waals surface area contributed by atoms with Crippen molar-refractivity contribution in [2.75, 3.05) is 0 Å². The summed E-state index contributed by atoms with van der Waals surface area (Å²) in [5.41, 5.74) is 1.71. The van der Waals surface area contributed by atoms with Gasteiger partial charge >= 0.3 is 0 Å². The van der Waals surface area contributed by atoms with Crippen molar-refractivity contribution in [3.8, 4) is 11.8 Å². The van der Waals surface area contributed by atoms with Gasteiger partial charge in [0.2, 0.25) is 0 Å². The Kier molecular flexibility index (Phi) is 3.55. The number of hydrogen-bond donors (Lipinski definition) is 2. The van der Waals surface area contributed by atoms with Gasteiger partial charge in [-0.05, 0) is 61.2 Å². The first-order valence-electron chi connectivity index (χ1n) is 8.26. The maximum atomic E-state index is 12.6. The van der Waals surface area contributed by atoms with Crippen LogP contribution in [-0.2, 0) is 0 Å². The molecule has 2 aromatic rings. The smallest absolute Gasteiger partial charge is 0.251 e. The monoisotopic (exact) mass is 304 g/mol. The van der Waals surface area contributed by atoms with E-state index in [4.69, 9.17) is 0 Å². The van der Waals surface area contributed by atoms with Crippen LogP contribution in [0.5, 0.6) is 0 Å². The maximum Gasteiger partial charge on any atom is 0.251 e. The SMILES string of the molecule is CC#Cc1ccc2ccc(C(=O)NC3CC4CCC3N4)cc2c1. The number of rotatable bonds is 2. The summed E-state index contributed by atoms with van der Waals surface area (Å²) in [6.45, 7) is 1.83. The highest BCUT2D eigenvalue weighted by Gasteiger charge is 2.39. The zero-order valence-corrected chi connectivity index (χ0v) is 13.2. The topological polar surface area (TPSA) is 41.1 Å². The Balaban J connectivity index is 1.57. The van der Waals surface area contributed by atoms with Crippen LogP contribution in [-0.4, -0.2) is 24.0 Å². The van der Waals surface area contributed by atoms with E-state index in [1.165, 1.54) is 12.8 Å². The first kappa shape index (κ1) is 14.3. The molecule has 116 valence electrons. The van der Waals surface area contributed by atoms with Crippen LogP contribution >= 0.6 is 0 Å². The van der Waals surface area contributed by atoms with E-state index in [1.54, 1.807) is 0 Å². The summed E-state index contributed by atoms with van der Waals surface area (Å²) in [6.07, 6.45) is 3.47. The summed E-state index contributed by atoms with van der Waals surface area (Å²) in [4.78, 5) is 12.6. The Labute approximate surface area is 136 Å². The largest absolute Gasteiger partial charge is 0.348 e. The van der Waals surface area contributed by atoms with Gasteiger partial charge < -0.3 is 10.6 Å². The quantitative estimate of drug-likeness (QED) is 0.838. The molecule has 0 aliphatic carbocycles. The molecule has 23 heavy (non-hydrogen) atoms. The third-order valence-corrected chi connectivity index (χ3v) is 4.99. The number of carbonyl (C=O) groups excluding carboxylic acids is 1. The molecule has 2 bridgehead atoms. The zero-order valence-electron chi connectivity index (χ0n) is 13.2. The summed E-state index contributed by atoms with van der Waals surface area (Å²) in [5, 5.41) is 8.95. The molecule has 3 unspecified atom stereocenters. The minimum Gasteiger partial charge on any atom is -0.348 e. The van der Waals surface area contributed by atoms with Gasteiger partial charge in [0.1, 0.15) is 0 Å². The predicted octanol–water partition coefficient (Wildman–Crippen LogP) is 2.83. The van der Waals surface area contributed by atoms with Crippen molar-refractivity contribution >= 4 is 16.7 Å². The van der Waals surface area contributed by atoms with Gasteiger partial charge in [0.15, 0.2) is 0 Å². The maximum absolute atomic E-state index is 12.6. The van der Waals surface area contributed by atoms with E-state index in [9.17, 15) is 4.79 Å². The lowest BCUT2D eigenvalue weighted by Gasteiger charge is -2.21. The van der Waals surface area contributed by atoms with E-state index in [1.807, 2.05) is 37.3 Å². The minimum atomic E-state index is 0.0261. The molecule has 2 aliphatic heterocycles. The van der Waals surface area contributed by atoms with Gasteiger partial charge in [0.25, 0.3) is 5.91 Å². The molecule has 2 heterocycles. The third-order valence-electron chi connectivity index (χ3n) is 4.99. The van der Waals surface area contributed by atoms with Gasteiger partial charge in [-0.15, -0.1) is 5.92 Å². The molecule has 2 aromatic carbocycles. The second-order valence-corrected chi connectivity index (χ2v) is 6.51. The molecule has 0 radical (unpaired) electrons. The Morgan fingerprint density at radius 1 is 1.17 bits per heavy atom. The summed E-state index contributed by atoms with van der Waals surface area (Å²) < 4.78 is 0. The van der Waals surface area contributed by atoms with Crippen LogP contribution in [0.2, 0.25) is 0 Å². The van der Waals surface area contributed by atoms with Gasteiger partial charge in [-0.3, -0.25) is 4.79 Å². The van der Waals surface area contributed by atoms with E-state index in [-0.39, 0.29) is 11.9 Å². The highest BCUT2D eigenvalue weighted by Crippen LogP contribution is 2.28. The van der Waals surface area contributed by atoms with Gasteiger partial charge in [-0.1, -0.05) is 18.1 Å². The molecule has 3 heteroatoms. The van der Waals surface area contributed by atoms with E-state index in [0.29, 0.717) is 12.1 Å². The van der Waals surface area contributed by atoms with Gasteiger partial charge in [0, 0.05) is 29.3 Å². The average Bonchev–Trinajstić information content (AvgIpc) is 3.17. The van der Waals surface area contributed by atoms with E-state index < -0.39 is 0 Å². The highest BCUT2D eigenvalue weighted by atomic mass is 16.1. The van der Waals surface area contributed by atoms with Crippen LogP contribution in [0.25, 0.3) is 10.8 Å². The normalized spacial score (nSPS) is 25.2. The molecular weight excluding hydrogens is 284 g/mol. The summed E-state index contributed by atoms with van der Waals surface area (Å²) in [5.74, 6) is 6.01. The van der Waals surface area contributed by atoms with E-state index in [2.05, 4.69) is 28.5 Å². The molecule has 0 spiro atoms. The first-order chi connectivity index (χ1) is 11.2. The van der Waals surface area contributed by atoms with Crippen LogP contribution in [0.1, 0.15) is 42.1 Å². The Morgan fingerprint density at radius 3 is 2.78 bits per heavy atom. The number of benzene rings is 2. The molecule has 4 rings (SSSR count). The lowest BCUT2D eigenvalue weighted by atomic mass is 9.95. The lowest BCUT2D eigenvalue weighted by Crippen LogP contribution is -2.42. The predicted molar refractivity (Wildman–Crippen MR) is 92.3 cm³/mol. The summed E-state index contributed by atoms with van der Waals surface area (Å²) >= 11 is 0. The Morgan fingerprint density at radius 2 is 2.04 bits per heavy atom. The van der Waals surface area contributed by atoms with E-state index in [0.717, 1.165) is 28.3 Å². The number of hydrogen-bond acceptors (Lipinski definition) is 2. The molecule has 1 amide bonds. The second-order valence-electron chi connectivity index (χ2n) is 6.51. The zero-order chi connectivity index (χ0) is 15.8. The van der Waals surface area contributed by atoms with Crippen molar-refractivity contribution in [1.29, 1.82) is 0 Å². The molecule has 0 aromatic heterocycles. The van der Waals surface area contributed by atoms with Gasteiger partial charge in [-0.25, -0.2) is 0 Å². The number of fused-ring (bicyclic) bond motifs is 3. The molecule has 2 fully saturated rings. The van der Waals surface area contributed by atoms with E-state index >= 15 is 0 Å². The van der Waals surface area contributed by atoms with Crippen LogP contribution in [0.3, 0.4) is 0 Å². The van der Waals surface area contributed by atoms with Crippen molar-refractivity contribution in [2.45, 2.75) is 44.3 Å². The number of carbonyl (C=O) groups is 1. The molecule has 3 atom stereocenters. The second kappa shape index (κ2) is 5.72. The standard InChI is InChI=1S/C20H20N2O/c1-2-3-13-4-5-14-6-7-15(11-16(14)10-13)20(23)22-19-12-17-8-9-18(19)21-17/h4-7,10-11,17-19,21H,8-9,12H2,1H3,(H,22,23). The molecule has 2 aliphatic rings. The first-order valence-corrected chi connectivity index (χ1v) is 8.26.